The van der Waals surface area contributed by atoms with Crippen molar-refractivity contribution in [1.29, 1.82) is 0 Å². The lowest BCUT2D eigenvalue weighted by atomic mass is 10.2. The molecule has 10 nitrogen and oxygen atoms in total. The van der Waals surface area contributed by atoms with Crippen LogP contribution >= 0.6 is 23.4 Å². The van der Waals surface area contributed by atoms with Crippen LogP contribution in [0.5, 0.6) is 0 Å². The summed E-state index contributed by atoms with van der Waals surface area (Å²) in [6, 6.07) is 3.79. The van der Waals surface area contributed by atoms with E-state index in [0.29, 0.717) is 6.54 Å². The fourth-order valence-corrected chi connectivity index (χ4v) is 4.58. The maximum absolute atomic E-state index is 12.5. The van der Waals surface area contributed by atoms with Crippen LogP contribution in [0.1, 0.15) is 36.5 Å². The van der Waals surface area contributed by atoms with Gasteiger partial charge in [-0.05, 0) is 25.3 Å². The average molecular weight is 490 g/mol. The van der Waals surface area contributed by atoms with E-state index >= 15 is 0 Å². The molecule has 2 aromatic heterocycles. The van der Waals surface area contributed by atoms with E-state index < -0.39 is 10.8 Å². The number of benzene rings is 1. The highest BCUT2D eigenvalue weighted by molar-refractivity contribution is 7.99. The molecule has 1 fully saturated rings. The molecule has 174 valence electrons. The molecule has 0 bridgehead atoms. The van der Waals surface area contributed by atoms with Crippen molar-refractivity contribution in [2.75, 3.05) is 30.3 Å². The number of rotatable bonds is 9. The smallest absolute Gasteiger partial charge is 0.270 e. The Hall–Kier alpha value is -2.92. The minimum atomic E-state index is -0.561. The summed E-state index contributed by atoms with van der Waals surface area (Å²) in [5.41, 5.74) is 0.604. The number of fused-ring (bicyclic) bond motifs is 1. The molecular weight excluding hydrogens is 466 g/mol. The quantitative estimate of drug-likeness (QED) is 0.208. The number of nitrogens with zero attached hydrogens (tertiary/aromatic N) is 6. The Morgan fingerprint density at radius 3 is 2.82 bits per heavy atom. The number of thioether (sulfide) groups is 1. The molecule has 0 radical (unpaired) electrons. The zero-order valence-electron chi connectivity index (χ0n) is 18.2. The Morgan fingerprint density at radius 2 is 2.09 bits per heavy atom. The van der Waals surface area contributed by atoms with E-state index in [9.17, 15) is 14.9 Å². The highest BCUT2D eigenvalue weighted by Gasteiger charge is 2.21. The third-order valence-electron chi connectivity index (χ3n) is 5.31. The maximum Gasteiger partial charge on any atom is 0.270 e. The summed E-state index contributed by atoms with van der Waals surface area (Å²) in [5.74, 6) is 1.36. The van der Waals surface area contributed by atoms with E-state index in [1.807, 2.05) is 0 Å². The topological polar surface area (TPSA) is 119 Å². The molecule has 1 aliphatic rings. The van der Waals surface area contributed by atoms with E-state index in [0.717, 1.165) is 60.1 Å². The summed E-state index contributed by atoms with van der Waals surface area (Å²) in [6.45, 7) is 4.70. The van der Waals surface area contributed by atoms with Gasteiger partial charge in [-0.25, -0.2) is 14.6 Å². The standard InChI is InChI=1S/C21H24ClN7O3S/c1-2-11-33-21-25-18(27-8-3-4-9-27)16-13-24-28(19(16)26-21)10-7-23-20(30)15-12-14(29(31)32)5-6-17(15)22/h5-6,12-13H,2-4,7-11H2,1H3,(H,23,30). The minimum absolute atomic E-state index is 0.0630. The van der Waals surface area contributed by atoms with Crippen LogP contribution < -0.4 is 10.2 Å². The van der Waals surface area contributed by atoms with Crippen LogP contribution in [-0.4, -0.2) is 56.0 Å². The SMILES string of the molecule is CCCSc1nc(N2CCCC2)c2cnn(CCNC(=O)c3cc([N+](=O)[O-])ccc3Cl)c2n1. The van der Waals surface area contributed by atoms with Crippen molar-refractivity contribution in [3.05, 3.63) is 45.1 Å². The van der Waals surface area contributed by atoms with E-state index in [2.05, 4.69) is 22.2 Å². The normalized spacial score (nSPS) is 13.6. The van der Waals surface area contributed by atoms with Gasteiger partial charge >= 0.3 is 0 Å². The monoisotopic (exact) mass is 489 g/mol. The van der Waals surface area contributed by atoms with Crippen LogP contribution in [0.2, 0.25) is 5.02 Å². The lowest BCUT2D eigenvalue weighted by Crippen LogP contribution is -2.28. The molecular formula is C21H24ClN7O3S. The van der Waals surface area contributed by atoms with Crippen LogP contribution in [0, 0.1) is 10.1 Å². The van der Waals surface area contributed by atoms with Crippen molar-refractivity contribution in [2.45, 2.75) is 37.9 Å². The Kier molecular flexibility index (Phi) is 7.29. The van der Waals surface area contributed by atoms with Gasteiger partial charge < -0.3 is 10.2 Å². The first-order valence-corrected chi connectivity index (χ1v) is 12.2. The molecule has 0 aliphatic carbocycles. The Bertz CT molecular complexity index is 1180. The second-order valence-corrected chi connectivity index (χ2v) is 9.12. The largest absolute Gasteiger partial charge is 0.356 e. The lowest BCUT2D eigenvalue weighted by Gasteiger charge is -2.18. The zero-order chi connectivity index (χ0) is 23.4. The van der Waals surface area contributed by atoms with Crippen molar-refractivity contribution in [1.82, 2.24) is 25.1 Å². The number of halogens is 1. The molecule has 1 aromatic carbocycles. The second-order valence-electron chi connectivity index (χ2n) is 7.65. The van der Waals surface area contributed by atoms with Gasteiger partial charge in [-0.1, -0.05) is 30.3 Å². The molecule has 0 atom stereocenters. The highest BCUT2D eigenvalue weighted by Crippen LogP contribution is 2.29. The summed E-state index contributed by atoms with van der Waals surface area (Å²) in [4.78, 5) is 34.8. The number of aromatic nitrogens is 4. The molecule has 0 spiro atoms. The average Bonchev–Trinajstić information content (AvgIpc) is 3.48. The number of anilines is 1. The number of hydrogen-bond acceptors (Lipinski definition) is 8. The predicted octanol–water partition coefficient (Wildman–Crippen LogP) is 3.92. The second kappa shape index (κ2) is 10.3. The molecule has 1 saturated heterocycles. The number of nitrogens with one attached hydrogen (secondary N) is 1. The molecule has 3 heterocycles. The number of carbonyl (C=O) groups is 1. The third-order valence-corrected chi connectivity index (χ3v) is 6.69. The first kappa shape index (κ1) is 23.2. The molecule has 4 rings (SSSR count). The molecule has 33 heavy (non-hydrogen) atoms. The number of nitro groups is 1. The van der Waals surface area contributed by atoms with Gasteiger partial charge in [0.05, 0.1) is 33.6 Å². The van der Waals surface area contributed by atoms with E-state index in [4.69, 9.17) is 21.6 Å². The molecule has 3 aromatic rings. The Balaban J connectivity index is 1.52. The summed E-state index contributed by atoms with van der Waals surface area (Å²) < 4.78 is 1.75. The Labute approximate surface area is 199 Å². The van der Waals surface area contributed by atoms with E-state index in [1.54, 1.807) is 22.6 Å². The van der Waals surface area contributed by atoms with Gasteiger partial charge in [0, 0.05) is 37.5 Å². The zero-order valence-corrected chi connectivity index (χ0v) is 19.7. The van der Waals surface area contributed by atoms with Crippen molar-refractivity contribution in [3.8, 4) is 0 Å². The van der Waals surface area contributed by atoms with Crippen molar-refractivity contribution in [3.63, 3.8) is 0 Å². The van der Waals surface area contributed by atoms with Gasteiger partial charge in [0.15, 0.2) is 10.8 Å². The minimum Gasteiger partial charge on any atom is -0.356 e. The number of carbonyl (C=O) groups excluding carboxylic acids is 1. The molecule has 1 N–H and O–H groups in total. The highest BCUT2D eigenvalue weighted by atomic mass is 35.5. The van der Waals surface area contributed by atoms with Crippen molar-refractivity contribution >= 4 is 51.8 Å². The number of hydrogen-bond donors (Lipinski definition) is 1. The van der Waals surface area contributed by atoms with Gasteiger partial charge in [0.1, 0.15) is 5.82 Å². The number of nitro benzene ring substituents is 1. The van der Waals surface area contributed by atoms with Gasteiger partial charge in [0.25, 0.3) is 11.6 Å². The fourth-order valence-electron chi connectivity index (χ4n) is 3.68. The first-order chi connectivity index (χ1) is 16.0. The van der Waals surface area contributed by atoms with E-state index in [1.165, 1.54) is 18.2 Å². The molecule has 0 saturated carbocycles. The van der Waals surface area contributed by atoms with Crippen LogP contribution in [0.3, 0.4) is 0 Å². The Morgan fingerprint density at radius 1 is 1.30 bits per heavy atom. The maximum atomic E-state index is 12.5. The molecule has 1 aliphatic heterocycles. The summed E-state index contributed by atoms with van der Waals surface area (Å²) >= 11 is 7.69. The van der Waals surface area contributed by atoms with Crippen LogP contribution in [0.15, 0.2) is 29.6 Å². The summed E-state index contributed by atoms with van der Waals surface area (Å²) in [7, 11) is 0. The van der Waals surface area contributed by atoms with E-state index in [-0.39, 0.29) is 22.8 Å². The number of amides is 1. The lowest BCUT2D eigenvalue weighted by molar-refractivity contribution is -0.384. The van der Waals surface area contributed by atoms with Crippen molar-refractivity contribution < 1.29 is 9.72 Å². The third kappa shape index (κ3) is 5.19. The van der Waals surface area contributed by atoms with Crippen LogP contribution in [0.25, 0.3) is 11.0 Å². The molecule has 12 heteroatoms. The number of non-ortho nitro benzene ring substituents is 1. The summed E-state index contributed by atoms with van der Waals surface area (Å²) in [5, 5.41) is 20.0. The van der Waals surface area contributed by atoms with Crippen molar-refractivity contribution in [2.24, 2.45) is 0 Å². The summed E-state index contributed by atoms with van der Waals surface area (Å²) in [6.07, 6.45) is 5.08. The fraction of sp³-hybridized carbons (Fsp3) is 0.429. The van der Waals surface area contributed by atoms with Gasteiger partial charge in [-0.15, -0.1) is 0 Å². The predicted molar refractivity (Wildman–Crippen MR) is 128 cm³/mol. The van der Waals surface area contributed by atoms with Gasteiger partial charge in [-0.3, -0.25) is 14.9 Å². The molecule has 1 amide bonds. The van der Waals surface area contributed by atoms with Gasteiger partial charge in [0.2, 0.25) is 0 Å². The molecule has 0 unspecified atom stereocenters. The first-order valence-electron chi connectivity index (χ1n) is 10.8. The van der Waals surface area contributed by atoms with Gasteiger partial charge in [-0.2, -0.15) is 5.10 Å². The van der Waals surface area contributed by atoms with Crippen LogP contribution in [0.4, 0.5) is 11.5 Å². The van der Waals surface area contributed by atoms with Crippen LogP contribution in [-0.2, 0) is 6.54 Å².